The van der Waals surface area contributed by atoms with Gasteiger partial charge in [-0.25, -0.2) is 4.98 Å². The summed E-state index contributed by atoms with van der Waals surface area (Å²) in [6, 6.07) is 0. The smallest absolute Gasteiger partial charge is 0.280 e. The molecule has 0 aliphatic rings. The molecule has 0 unspecified atom stereocenters. The molecule has 0 spiro atoms. The number of hydrogen-bond donors (Lipinski definition) is 2. The summed E-state index contributed by atoms with van der Waals surface area (Å²) in [5, 5.41) is 0. The molecule has 1 atom stereocenters. The van der Waals surface area contributed by atoms with Gasteiger partial charge in [0, 0.05) is 7.11 Å². The number of nitrogens with one attached hydrogen (secondary N) is 1. The predicted octanol–water partition coefficient (Wildman–Crippen LogP) is -0.133. The molecule has 0 amide bonds. The number of anilines is 1. The number of ether oxygens (including phenoxy) is 1. The molecule has 0 saturated heterocycles. The van der Waals surface area contributed by atoms with Crippen LogP contribution >= 0.6 is 0 Å². The third-order valence-electron chi connectivity index (χ3n) is 2.18. The Morgan fingerprint density at radius 1 is 1.67 bits per heavy atom. The molecule has 3 N–H and O–H groups in total. The van der Waals surface area contributed by atoms with Gasteiger partial charge in [-0.3, -0.25) is 14.3 Å². The third kappa shape index (κ3) is 1.46. The van der Waals surface area contributed by atoms with Gasteiger partial charge in [0.05, 0.1) is 6.33 Å². The van der Waals surface area contributed by atoms with E-state index in [1.54, 1.807) is 11.7 Å². The van der Waals surface area contributed by atoms with Gasteiger partial charge in [0.15, 0.2) is 11.2 Å². The summed E-state index contributed by atoms with van der Waals surface area (Å²) in [4.78, 5) is 21.8. The van der Waals surface area contributed by atoms with Gasteiger partial charge in [-0.2, -0.15) is 4.98 Å². The number of nitrogen functional groups attached to an aromatic ring is 1. The lowest BCUT2D eigenvalue weighted by atomic mass is 10.5. The van der Waals surface area contributed by atoms with Crippen LogP contribution in [-0.2, 0) is 4.74 Å². The maximum Gasteiger partial charge on any atom is 0.280 e. The van der Waals surface area contributed by atoms with Crippen molar-refractivity contribution in [2.45, 2.75) is 13.2 Å². The molecule has 2 aromatic heterocycles. The van der Waals surface area contributed by atoms with Crippen LogP contribution in [-0.4, -0.2) is 26.6 Å². The molecule has 0 aliphatic carbocycles. The fourth-order valence-electron chi connectivity index (χ4n) is 1.32. The van der Waals surface area contributed by atoms with Gasteiger partial charge in [-0.15, -0.1) is 0 Å². The highest BCUT2D eigenvalue weighted by Crippen LogP contribution is 2.13. The van der Waals surface area contributed by atoms with Gasteiger partial charge in [0.25, 0.3) is 5.56 Å². The standard InChI is InChI=1S/C8H11N5O2/c1-4(15-2)13-3-10-5-6(13)11-8(9)12-7(5)14/h3-4H,1-2H3,(H3,9,11,12,14)/t4-/m1/s1. The summed E-state index contributed by atoms with van der Waals surface area (Å²) in [6.07, 6.45) is 1.25. The molecule has 2 aromatic rings. The summed E-state index contributed by atoms with van der Waals surface area (Å²) < 4.78 is 6.75. The summed E-state index contributed by atoms with van der Waals surface area (Å²) in [6.45, 7) is 1.82. The topological polar surface area (TPSA) is 98.8 Å². The highest BCUT2D eigenvalue weighted by Gasteiger charge is 2.12. The number of aromatic nitrogens is 4. The van der Waals surface area contributed by atoms with Crippen LogP contribution in [0.1, 0.15) is 13.2 Å². The summed E-state index contributed by atoms with van der Waals surface area (Å²) in [5.74, 6) is 0.0672. The van der Waals surface area contributed by atoms with E-state index in [1.165, 1.54) is 6.33 Å². The van der Waals surface area contributed by atoms with Crippen molar-refractivity contribution in [3.05, 3.63) is 16.7 Å². The van der Waals surface area contributed by atoms with Crippen molar-refractivity contribution in [3.63, 3.8) is 0 Å². The van der Waals surface area contributed by atoms with Crippen LogP contribution in [0, 0.1) is 0 Å². The average Bonchev–Trinajstić information content (AvgIpc) is 2.60. The van der Waals surface area contributed by atoms with E-state index in [1.807, 2.05) is 6.92 Å². The van der Waals surface area contributed by atoms with E-state index in [-0.39, 0.29) is 23.3 Å². The molecule has 2 heterocycles. The highest BCUT2D eigenvalue weighted by molar-refractivity contribution is 5.70. The van der Waals surface area contributed by atoms with Crippen LogP contribution in [0.4, 0.5) is 5.95 Å². The summed E-state index contributed by atoms with van der Waals surface area (Å²) >= 11 is 0. The normalized spacial score (nSPS) is 13.2. The Hall–Kier alpha value is -1.89. The molecule has 0 saturated carbocycles. The van der Waals surface area contributed by atoms with Crippen molar-refractivity contribution in [1.29, 1.82) is 0 Å². The number of nitrogens with two attached hydrogens (primary N) is 1. The zero-order chi connectivity index (χ0) is 11.0. The number of H-pyrrole nitrogens is 1. The molecule has 0 radical (unpaired) electrons. The number of fused-ring (bicyclic) bond motifs is 1. The van der Waals surface area contributed by atoms with Crippen molar-refractivity contribution in [2.75, 3.05) is 12.8 Å². The van der Waals surface area contributed by atoms with Gasteiger partial charge in [0.2, 0.25) is 5.95 Å². The second-order valence-corrected chi connectivity index (χ2v) is 3.11. The molecular formula is C8H11N5O2. The van der Waals surface area contributed by atoms with E-state index in [0.29, 0.717) is 5.65 Å². The first-order valence-corrected chi connectivity index (χ1v) is 4.38. The Bertz CT molecular complexity index is 543. The van der Waals surface area contributed by atoms with Gasteiger partial charge >= 0.3 is 0 Å². The Morgan fingerprint density at radius 3 is 3.07 bits per heavy atom. The largest absolute Gasteiger partial charge is 0.369 e. The zero-order valence-corrected chi connectivity index (χ0v) is 8.39. The van der Waals surface area contributed by atoms with Crippen LogP contribution < -0.4 is 11.3 Å². The molecular weight excluding hydrogens is 198 g/mol. The fraction of sp³-hybridized carbons (Fsp3) is 0.375. The minimum atomic E-state index is -0.348. The minimum absolute atomic E-state index is 0.0672. The van der Waals surface area contributed by atoms with Crippen LogP contribution in [0.25, 0.3) is 11.2 Å². The van der Waals surface area contributed by atoms with Crippen molar-refractivity contribution in [1.82, 2.24) is 19.5 Å². The molecule has 0 bridgehead atoms. The molecule has 2 rings (SSSR count). The molecule has 15 heavy (non-hydrogen) atoms. The maximum absolute atomic E-state index is 11.4. The Labute approximate surface area is 84.9 Å². The third-order valence-corrected chi connectivity index (χ3v) is 2.18. The number of imidazole rings is 1. The second-order valence-electron chi connectivity index (χ2n) is 3.11. The molecule has 80 valence electrons. The predicted molar refractivity (Wildman–Crippen MR) is 54.3 cm³/mol. The van der Waals surface area contributed by atoms with E-state index < -0.39 is 0 Å². The van der Waals surface area contributed by atoms with Crippen LogP contribution in [0.5, 0.6) is 0 Å². The fourth-order valence-corrected chi connectivity index (χ4v) is 1.32. The summed E-state index contributed by atoms with van der Waals surface area (Å²) in [5.41, 5.74) is 5.78. The van der Waals surface area contributed by atoms with Gasteiger partial charge in [-0.05, 0) is 6.92 Å². The number of hydrogen-bond acceptors (Lipinski definition) is 5. The Kier molecular flexibility index (Phi) is 2.16. The van der Waals surface area contributed by atoms with Crippen LogP contribution in [0.3, 0.4) is 0 Å². The van der Waals surface area contributed by atoms with Crippen molar-refractivity contribution < 1.29 is 4.74 Å². The van der Waals surface area contributed by atoms with Gasteiger partial charge in [-0.1, -0.05) is 0 Å². The summed E-state index contributed by atoms with van der Waals surface area (Å²) in [7, 11) is 1.56. The first kappa shape index (κ1) is 9.66. The van der Waals surface area contributed by atoms with Crippen molar-refractivity contribution in [2.24, 2.45) is 0 Å². The van der Waals surface area contributed by atoms with E-state index in [0.717, 1.165) is 0 Å². The highest BCUT2D eigenvalue weighted by atomic mass is 16.5. The van der Waals surface area contributed by atoms with E-state index in [9.17, 15) is 4.79 Å². The van der Waals surface area contributed by atoms with Crippen LogP contribution in [0.2, 0.25) is 0 Å². The lowest BCUT2D eigenvalue weighted by Gasteiger charge is -2.10. The second kappa shape index (κ2) is 3.35. The molecule has 7 nitrogen and oxygen atoms in total. The van der Waals surface area contributed by atoms with E-state index in [4.69, 9.17) is 10.5 Å². The monoisotopic (exact) mass is 209 g/mol. The lowest BCUT2D eigenvalue weighted by Crippen LogP contribution is -2.13. The lowest BCUT2D eigenvalue weighted by molar-refractivity contribution is 0.0633. The van der Waals surface area contributed by atoms with E-state index in [2.05, 4.69) is 15.0 Å². The number of nitrogens with zero attached hydrogens (tertiary/aromatic N) is 3. The van der Waals surface area contributed by atoms with Crippen LogP contribution in [0.15, 0.2) is 11.1 Å². The quantitative estimate of drug-likeness (QED) is 0.717. The maximum atomic E-state index is 11.4. The van der Waals surface area contributed by atoms with Gasteiger partial charge < -0.3 is 10.5 Å². The molecule has 0 aromatic carbocycles. The number of rotatable bonds is 2. The molecule has 0 fully saturated rings. The first-order chi connectivity index (χ1) is 7.13. The van der Waals surface area contributed by atoms with Gasteiger partial charge in [0.1, 0.15) is 6.23 Å². The number of methoxy groups -OCH3 is 1. The average molecular weight is 209 g/mol. The van der Waals surface area contributed by atoms with Crippen molar-refractivity contribution >= 4 is 17.1 Å². The SMILES string of the molecule is CO[C@H](C)n1cnc2c(=O)[nH]c(N)nc21. The van der Waals surface area contributed by atoms with Crippen molar-refractivity contribution in [3.8, 4) is 0 Å². The minimum Gasteiger partial charge on any atom is -0.369 e. The zero-order valence-electron chi connectivity index (χ0n) is 8.39. The van der Waals surface area contributed by atoms with E-state index >= 15 is 0 Å². The Morgan fingerprint density at radius 2 is 2.40 bits per heavy atom. The molecule has 7 heteroatoms. The first-order valence-electron chi connectivity index (χ1n) is 4.38. The Balaban J connectivity index is 2.74. The number of aromatic amines is 1. The molecule has 0 aliphatic heterocycles.